The summed E-state index contributed by atoms with van der Waals surface area (Å²) in [5, 5.41) is 22.0. The molecule has 0 saturated heterocycles. The molecule has 0 aliphatic carbocycles. The second-order valence-electron chi connectivity index (χ2n) is 4.22. The van der Waals surface area contributed by atoms with Gasteiger partial charge < -0.3 is 10.4 Å². The molecule has 3 nitrogen and oxygen atoms in total. The molecule has 0 heterocycles. The van der Waals surface area contributed by atoms with E-state index in [0.29, 0.717) is 16.3 Å². The summed E-state index contributed by atoms with van der Waals surface area (Å²) < 4.78 is 13.5. The molecule has 0 amide bonds. The smallest absolute Gasteiger partial charge is 0.129 e. The predicted octanol–water partition coefficient (Wildman–Crippen LogP) is 3.50. The second kappa shape index (κ2) is 6.38. The highest BCUT2D eigenvalue weighted by molar-refractivity contribution is 6.33. The van der Waals surface area contributed by atoms with Gasteiger partial charge in [0.25, 0.3) is 0 Å². The lowest BCUT2D eigenvalue weighted by molar-refractivity contribution is 0.186. The molecule has 2 rings (SSSR count). The van der Waals surface area contributed by atoms with Gasteiger partial charge in [0.2, 0.25) is 0 Å². The van der Waals surface area contributed by atoms with Gasteiger partial charge >= 0.3 is 0 Å². The molecule has 20 heavy (non-hydrogen) atoms. The Hall–Kier alpha value is -2.09. The highest BCUT2D eigenvalue weighted by atomic mass is 35.5. The molecule has 0 spiro atoms. The first-order valence-electron chi connectivity index (χ1n) is 5.98. The van der Waals surface area contributed by atoms with Crippen LogP contribution in [0.2, 0.25) is 5.02 Å². The molecule has 0 aromatic heterocycles. The van der Waals surface area contributed by atoms with Crippen molar-refractivity contribution in [2.24, 2.45) is 0 Å². The van der Waals surface area contributed by atoms with Gasteiger partial charge in [-0.2, -0.15) is 5.26 Å². The Balaban J connectivity index is 2.06. The number of nitrogens with zero attached hydrogens (tertiary/aromatic N) is 1. The second-order valence-corrected chi connectivity index (χ2v) is 4.63. The molecule has 0 radical (unpaired) electrons. The zero-order chi connectivity index (χ0) is 14.5. The van der Waals surface area contributed by atoms with Crippen molar-refractivity contribution in [3.8, 4) is 6.07 Å². The number of benzene rings is 2. The molecule has 1 atom stereocenters. The van der Waals surface area contributed by atoms with Gasteiger partial charge in [0.15, 0.2) is 0 Å². The molecule has 0 aliphatic rings. The van der Waals surface area contributed by atoms with Gasteiger partial charge in [0, 0.05) is 12.1 Å². The summed E-state index contributed by atoms with van der Waals surface area (Å²) in [6.07, 6.45) is -0.983. The van der Waals surface area contributed by atoms with Crippen LogP contribution >= 0.6 is 11.6 Å². The number of hydrogen-bond donors (Lipinski definition) is 2. The third kappa shape index (κ3) is 3.27. The van der Waals surface area contributed by atoms with E-state index in [1.807, 2.05) is 6.07 Å². The van der Waals surface area contributed by atoms with E-state index in [1.54, 1.807) is 24.3 Å². The highest BCUT2D eigenvalue weighted by Crippen LogP contribution is 2.24. The van der Waals surface area contributed by atoms with Crippen molar-refractivity contribution in [1.82, 2.24) is 0 Å². The quantitative estimate of drug-likeness (QED) is 0.906. The van der Waals surface area contributed by atoms with E-state index in [0.717, 1.165) is 0 Å². The predicted molar refractivity (Wildman–Crippen MR) is 76.0 cm³/mol. The van der Waals surface area contributed by atoms with Gasteiger partial charge in [-0.05, 0) is 24.3 Å². The van der Waals surface area contributed by atoms with Crippen LogP contribution in [0, 0.1) is 17.1 Å². The molecule has 2 N–H and O–H groups in total. The molecule has 0 aliphatic heterocycles. The number of halogens is 2. The summed E-state index contributed by atoms with van der Waals surface area (Å²) in [5.41, 5.74) is 1.26. The van der Waals surface area contributed by atoms with E-state index >= 15 is 0 Å². The first-order valence-corrected chi connectivity index (χ1v) is 6.35. The molecule has 0 fully saturated rings. The van der Waals surface area contributed by atoms with Crippen molar-refractivity contribution in [2.75, 3.05) is 11.9 Å². The maximum Gasteiger partial charge on any atom is 0.129 e. The Bertz CT molecular complexity index is 655. The van der Waals surface area contributed by atoms with Crippen LogP contribution in [0.1, 0.15) is 17.2 Å². The summed E-state index contributed by atoms with van der Waals surface area (Å²) in [6, 6.07) is 12.8. The van der Waals surface area contributed by atoms with Crippen LogP contribution in [0.3, 0.4) is 0 Å². The highest BCUT2D eigenvalue weighted by Gasteiger charge is 2.12. The Morgan fingerprint density at radius 3 is 2.70 bits per heavy atom. The summed E-state index contributed by atoms with van der Waals surface area (Å²) in [5.74, 6) is -0.451. The largest absolute Gasteiger partial charge is 0.386 e. The zero-order valence-corrected chi connectivity index (χ0v) is 11.2. The fourth-order valence-electron chi connectivity index (χ4n) is 1.79. The van der Waals surface area contributed by atoms with Gasteiger partial charge in [-0.1, -0.05) is 29.8 Å². The monoisotopic (exact) mass is 290 g/mol. The van der Waals surface area contributed by atoms with E-state index < -0.39 is 11.9 Å². The lowest BCUT2D eigenvalue weighted by Crippen LogP contribution is -2.13. The van der Waals surface area contributed by atoms with Crippen LogP contribution in [0.4, 0.5) is 10.1 Å². The van der Waals surface area contributed by atoms with Gasteiger partial charge in [-0.3, -0.25) is 0 Å². The average Bonchev–Trinajstić information content (AvgIpc) is 2.46. The summed E-state index contributed by atoms with van der Waals surface area (Å²) >= 11 is 6.00. The molecule has 5 heteroatoms. The van der Waals surface area contributed by atoms with Gasteiger partial charge in [0.05, 0.1) is 28.4 Å². The Kier molecular flexibility index (Phi) is 4.57. The van der Waals surface area contributed by atoms with Crippen molar-refractivity contribution in [3.63, 3.8) is 0 Å². The van der Waals surface area contributed by atoms with Crippen molar-refractivity contribution in [1.29, 1.82) is 5.26 Å². The van der Waals surface area contributed by atoms with Crippen LogP contribution in [0.25, 0.3) is 0 Å². The number of aliphatic hydroxyl groups excluding tert-OH is 1. The van der Waals surface area contributed by atoms with Gasteiger partial charge in [0.1, 0.15) is 5.82 Å². The van der Waals surface area contributed by atoms with Crippen molar-refractivity contribution in [2.45, 2.75) is 6.10 Å². The summed E-state index contributed by atoms with van der Waals surface area (Å²) in [4.78, 5) is 0. The van der Waals surface area contributed by atoms with Gasteiger partial charge in [-0.25, -0.2) is 4.39 Å². The number of nitrogens with one attached hydrogen (secondary N) is 1. The molecule has 102 valence electrons. The number of anilines is 1. The van der Waals surface area contributed by atoms with E-state index in [9.17, 15) is 9.50 Å². The van der Waals surface area contributed by atoms with Crippen LogP contribution in [0.15, 0.2) is 42.5 Å². The molecule has 1 unspecified atom stereocenters. The first kappa shape index (κ1) is 14.3. The minimum Gasteiger partial charge on any atom is -0.386 e. The SMILES string of the molecule is N#Cc1ccc(NCC(O)c2ccccc2F)c(Cl)c1. The van der Waals surface area contributed by atoms with E-state index in [2.05, 4.69) is 5.32 Å². The zero-order valence-electron chi connectivity index (χ0n) is 10.5. The minimum atomic E-state index is -0.983. The topological polar surface area (TPSA) is 56.0 Å². The van der Waals surface area contributed by atoms with E-state index in [4.69, 9.17) is 16.9 Å². The van der Waals surface area contributed by atoms with Crippen LogP contribution in [-0.4, -0.2) is 11.7 Å². The third-order valence-corrected chi connectivity index (χ3v) is 3.16. The normalized spacial score (nSPS) is 11.7. The molecule has 0 bridgehead atoms. The number of rotatable bonds is 4. The molecular weight excluding hydrogens is 279 g/mol. The first-order chi connectivity index (χ1) is 9.61. The van der Waals surface area contributed by atoms with E-state index in [-0.39, 0.29) is 12.1 Å². The summed E-state index contributed by atoms with van der Waals surface area (Å²) in [6.45, 7) is 0.118. The lowest BCUT2D eigenvalue weighted by Gasteiger charge is -2.14. The lowest BCUT2D eigenvalue weighted by atomic mass is 10.1. The van der Waals surface area contributed by atoms with Crippen molar-refractivity contribution in [3.05, 3.63) is 64.4 Å². The van der Waals surface area contributed by atoms with Gasteiger partial charge in [-0.15, -0.1) is 0 Å². The third-order valence-electron chi connectivity index (χ3n) is 2.85. The Labute approximate surface area is 121 Å². The maximum absolute atomic E-state index is 13.5. The number of aliphatic hydroxyl groups is 1. The fourth-order valence-corrected chi connectivity index (χ4v) is 2.04. The maximum atomic E-state index is 13.5. The van der Waals surface area contributed by atoms with Crippen molar-refractivity contribution < 1.29 is 9.50 Å². The molecule has 2 aromatic rings. The van der Waals surface area contributed by atoms with E-state index in [1.165, 1.54) is 18.2 Å². The summed E-state index contributed by atoms with van der Waals surface area (Å²) in [7, 11) is 0. The number of nitriles is 1. The standard InChI is InChI=1S/C15H12ClFN2O/c16-12-7-10(8-18)5-6-14(12)19-9-15(20)11-3-1-2-4-13(11)17/h1-7,15,19-20H,9H2. The minimum absolute atomic E-state index is 0.118. The Morgan fingerprint density at radius 2 is 2.05 bits per heavy atom. The molecule has 2 aromatic carbocycles. The van der Waals surface area contributed by atoms with Crippen LogP contribution in [-0.2, 0) is 0 Å². The fraction of sp³-hybridized carbons (Fsp3) is 0.133. The van der Waals surface area contributed by atoms with Crippen LogP contribution < -0.4 is 5.32 Å². The molecule has 0 saturated carbocycles. The molecular formula is C15H12ClFN2O. The number of hydrogen-bond acceptors (Lipinski definition) is 3. The van der Waals surface area contributed by atoms with Crippen molar-refractivity contribution >= 4 is 17.3 Å². The average molecular weight is 291 g/mol. The Morgan fingerprint density at radius 1 is 1.30 bits per heavy atom. The van der Waals surface area contributed by atoms with Crippen LogP contribution in [0.5, 0.6) is 0 Å².